The molecule has 0 spiro atoms. The Labute approximate surface area is 121 Å². The molecule has 0 aliphatic heterocycles. The summed E-state index contributed by atoms with van der Waals surface area (Å²) in [5.74, 6) is -0.0413. The number of nitrogens with one attached hydrogen (secondary N) is 1. The second-order valence-electron chi connectivity index (χ2n) is 4.29. The van der Waals surface area contributed by atoms with Gasteiger partial charge in [-0.1, -0.05) is 6.07 Å². The lowest BCUT2D eigenvalue weighted by Gasteiger charge is -2.07. The molecule has 21 heavy (non-hydrogen) atoms. The van der Waals surface area contributed by atoms with Gasteiger partial charge in [-0.05, 0) is 42.5 Å². The van der Waals surface area contributed by atoms with E-state index in [1.165, 1.54) is 24.3 Å². The smallest absolute Gasteiger partial charge is 0.227 e. The number of nitrogens with zero attached hydrogens (tertiary/aromatic N) is 1. The average Bonchev–Trinajstić information content (AvgIpc) is 2.49. The highest BCUT2D eigenvalue weighted by molar-refractivity contribution is 5.90. The van der Waals surface area contributed by atoms with Crippen LogP contribution in [0.2, 0.25) is 0 Å². The second kappa shape index (κ2) is 7.06. The molecule has 1 amide bonds. The molecule has 0 aliphatic carbocycles. The summed E-state index contributed by atoms with van der Waals surface area (Å²) in [6, 6.07) is 14.3. The van der Waals surface area contributed by atoms with Crippen LogP contribution in [0.25, 0.3) is 0 Å². The number of hydrogen-bond donors (Lipinski definition) is 1. The van der Waals surface area contributed by atoms with Crippen LogP contribution in [-0.2, 0) is 4.79 Å². The van der Waals surface area contributed by atoms with Gasteiger partial charge in [0.1, 0.15) is 11.6 Å². The van der Waals surface area contributed by atoms with Crippen molar-refractivity contribution < 1.29 is 13.9 Å². The van der Waals surface area contributed by atoms with Gasteiger partial charge < -0.3 is 10.1 Å². The lowest BCUT2D eigenvalue weighted by Crippen LogP contribution is -2.15. The van der Waals surface area contributed by atoms with Crippen molar-refractivity contribution >= 4 is 11.6 Å². The molecule has 0 fully saturated rings. The molecule has 5 heteroatoms. The zero-order valence-corrected chi connectivity index (χ0v) is 11.2. The quantitative estimate of drug-likeness (QED) is 0.917. The zero-order valence-electron chi connectivity index (χ0n) is 11.2. The Morgan fingerprint density at radius 1 is 1.24 bits per heavy atom. The summed E-state index contributed by atoms with van der Waals surface area (Å²) in [5, 5.41) is 11.5. The largest absolute Gasteiger partial charge is 0.493 e. The van der Waals surface area contributed by atoms with Crippen LogP contribution in [0.4, 0.5) is 10.1 Å². The van der Waals surface area contributed by atoms with Crippen LogP contribution in [0.3, 0.4) is 0 Å². The average molecular weight is 284 g/mol. The van der Waals surface area contributed by atoms with Crippen molar-refractivity contribution in [3.63, 3.8) is 0 Å². The van der Waals surface area contributed by atoms with E-state index in [0.717, 1.165) is 0 Å². The first-order chi connectivity index (χ1) is 10.2. The minimum absolute atomic E-state index is 0.161. The number of amides is 1. The van der Waals surface area contributed by atoms with Gasteiger partial charge in [-0.3, -0.25) is 4.79 Å². The maximum Gasteiger partial charge on any atom is 0.227 e. The Morgan fingerprint density at radius 3 is 2.71 bits per heavy atom. The number of anilines is 1. The molecule has 0 atom stereocenters. The van der Waals surface area contributed by atoms with E-state index in [0.29, 0.717) is 17.0 Å². The molecule has 106 valence electrons. The Morgan fingerprint density at radius 2 is 2.00 bits per heavy atom. The van der Waals surface area contributed by atoms with Crippen molar-refractivity contribution in [2.75, 3.05) is 11.9 Å². The van der Waals surface area contributed by atoms with Gasteiger partial charge in [0, 0.05) is 5.69 Å². The summed E-state index contributed by atoms with van der Waals surface area (Å²) in [6.45, 7) is 0.190. The summed E-state index contributed by atoms with van der Waals surface area (Å²) in [4.78, 5) is 11.7. The summed E-state index contributed by atoms with van der Waals surface area (Å²) >= 11 is 0. The predicted molar refractivity (Wildman–Crippen MR) is 76.3 cm³/mol. The highest BCUT2D eigenvalue weighted by atomic mass is 19.1. The first-order valence-corrected chi connectivity index (χ1v) is 6.36. The molecule has 2 aromatic rings. The van der Waals surface area contributed by atoms with E-state index >= 15 is 0 Å². The number of carbonyl (C=O) groups excluding carboxylic acids is 1. The minimum Gasteiger partial charge on any atom is -0.493 e. The lowest BCUT2D eigenvalue weighted by atomic mass is 10.2. The van der Waals surface area contributed by atoms with Gasteiger partial charge >= 0.3 is 0 Å². The molecule has 0 radical (unpaired) electrons. The van der Waals surface area contributed by atoms with E-state index in [4.69, 9.17) is 10.00 Å². The topological polar surface area (TPSA) is 62.1 Å². The number of nitriles is 1. The fourth-order valence-electron chi connectivity index (χ4n) is 1.68. The Balaban J connectivity index is 1.79. The summed E-state index contributed by atoms with van der Waals surface area (Å²) in [5.41, 5.74) is 1.05. The van der Waals surface area contributed by atoms with Gasteiger partial charge in [-0.15, -0.1) is 0 Å². The molecule has 0 saturated carbocycles. The number of rotatable bonds is 5. The van der Waals surface area contributed by atoms with E-state index in [1.54, 1.807) is 24.3 Å². The maximum absolute atomic E-state index is 12.7. The minimum atomic E-state index is -0.336. The van der Waals surface area contributed by atoms with Crippen LogP contribution in [-0.4, -0.2) is 12.5 Å². The maximum atomic E-state index is 12.7. The summed E-state index contributed by atoms with van der Waals surface area (Å²) in [7, 11) is 0. The monoisotopic (exact) mass is 284 g/mol. The van der Waals surface area contributed by atoms with E-state index < -0.39 is 0 Å². The molecule has 2 rings (SSSR count). The SMILES string of the molecule is N#Cc1cccc(NC(=O)CCOc2ccc(F)cc2)c1. The Bertz CT molecular complexity index is 663. The van der Waals surface area contributed by atoms with Crippen LogP contribution in [0, 0.1) is 17.1 Å². The third kappa shape index (κ3) is 4.62. The number of halogens is 1. The zero-order chi connectivity index (χ0) is 15.1. The lowest BCUT2D eigenvalue weighted by molar-refractivity contribution is -0.116. The summed E-state index contributed by atoms with van der Waals surface area (Å²) < 4.78 is 18.0. The highest BCUT2D eigenvalue weighted by Crippen LogP contribution is 2.12. The molecule has 0 aliphatic rings. The van der Waals surface area contributed by atoms with Crippen molar-refractivity contribution in [1.82, 2.24) is 0 Å². The fraction of sp³-hybridized carbons (Fsp3) is 0.125. The normalized spacial score (nSPS) is 9.71. The highest BCUT2D eigenvalue weighted by Gasteiger charge is 2.04. The van der Waals surface area contributed by atoms with Gasteiger partial charge in [0.05, 0.1) is 24.7 Å². The molecule has 0 saturated heterocycles. The number of hydrogen-bond acceptors (Lipinski definition) is 3. The molecule has 0 aromatic heterocycles. The van der Waals surface area contributed by atoms with Crippen molar-refractivity contribution in [2.24, 2.45) is 0 Å². The predicted octanol–water partition coefficient (Wildman–Crippen LogP) is 3.10. The first kappa shape index (κ1) is 14.5. The van der Waals surface area contributed by atoms with Crippen molar-refractivity contribution in [1.29, 1.82) is 5.26 Å². The van der Waals surface area contributed by atoms with Gasteiger partial charge in [0.25, 0.3) is 0 Å². The third-order valence-corrected chi connectivity index (χ3v) is 2.69. The Hall–Kier alpha value is -2.87. The molecule has 0 bridgehead atoms. The number of ether oxygens (including phenoxy) is 1. The van der Waals surface area contributed by atoms with Gasteiger partial charge in [0.2, 0.25) is 5.91 Å². The Kier molecular flexibility index (Phi) is 4.89. The van der Waals surface area contributed by atoms with E-state index in [1.807, 2.05) is 6.07 Å². The van der Waals surface area contributed by atoms with E-state index in [2.05, 4.69) is 5.32 Å². The van der Waals surface area contributed by atoms with Crippen LogP contribution >= 0.6 is 0 Å². The number of benzene rings is 2. The van der Waals surface area contributed by atoms with Crippen LogP contribution in [0.15, 0.2) is 48.5 Å². The third-order valence-electron chi connectivity index (χ3n) is 2.69. The number of carbonyl (C=O) groups is 1. The molecular formula is C16H13FN2O2. The van der Waals surface area contributed by atoms with Gasteiger partial charge in [-0.25, -0.2) is 4.39 Å². The summed E-state index contributed by atoms with van der Waals surface area (Å²) in [6.07, 6.45) is 0.161. The molecule has 2 aromatic carbocycles. The first-order valence-electron chi connectivity index (χ1n) is 6.36. The van der Waals surface area contributed by atoms with Crippen molar-refractivity contribution in [3.05, 3.63) is 59.9 Å². The van der Waals surface area contributed by atoms with Crippen LogP contribution in [0.1, 0.15) is 12.0 Å². The van der Waals surface area contributed by atoms with Gasteiger partial charge in [0.15, 0.2) is 0 Å². The molecule has 1 N–H and O–H groups in total. The van der Waals surface area contributed by atoms with Crippen molar-refractivity contribution in [2.45, 2.75) is 6.42 Å². The molecule has 0 unspecified atom stereocenters. The van der Waals surface area contributed by atoms with Gasteiger partial charge in [-0.2, -0.15) is 5.26 Å². The van der Waals surface area contributed by atoms with E-state index in [9.17, 15) is 9.18 Å². The van der Waals surface area contributed by atoms with E-state index in [-0.39, 0.29) is 24.8 Å². The molecule has 4 nitrogen and oxygen atoms in total. The van der Waals surface area contributed by atoms with Crippen LogP contribution in [0.5, 0.6) is 5.75 Å². The fourth-order valence-corrected chi connectivity index (χ4v) is 1.68. The second-order valence-corrected chi connectivity index (χ2v) is 4.29. The standard InChI is InChI=1S/C16H13FN2O2/c17-13-4-6-15(7-5-13)21-9-8-16(20)19-14-3-1-2-12(10-14)11-18/h1-7,10H,8-9H2,(H,19,20). The van der Waals surface area contributed by atoms with Crippen LogP contribution < -0.4 is 10.1 Å². The van der Waals surface area contributed by atoms with Crippen molar-refractivity contribution in [3.8, 4) is 11.8 Å². The molecular weight excluding hydrogens is 271 g/mol. The molecule has 0 heterocycles.